The summed E-state index contributed by atoms with van der Waals surface area (Å²) in [5.41, 5.74) is 6.81. The van der Waals surface area contributed by atoms with E-state index in [0.29, 0.717) is 36.5 Å². The van der Waals surface area contributed by atoms with Crippen molar-refractivity contribution in [1.29, 1.82) is 0 Å². The van der Waals surface area contributed by atoms with Crippen LogP contribution in [0.2, 0.25) is 0 Å². The van der Waals surface area contributed by atoms with E-state index in [4.69, 9.17) is 10.5 Å². The summed E-state index contributed by atoms with van der Waals surface area (Å²) in [5, 5.41) is 5.45. The van der Waals surface area contributed by atoms with Gasteiger partial charge in [0.25, 0.3) is 0 Å². The second kappa shape index (κ2) is 7.00. The molecule has 1 aromatic carbocycles. The van der Waals surface area contributed by atoms with E-state index >= 15 is 0 Å². The lowest BCUT2D eigenvalue weighted by atomic mass is 9.98. The maximum absolute atomic E-state index is 12.1. The Morgan fingerprint density at radius 1 is 1.50 bits per heavy atom. The fourth-order valence-electron chi connectivity index (χ4n) is 1.96. The van der Waals surface area contributed by atoms with E-state index in [1.54, 1.807) is 25.3 Å². The molecule has 0 spiro atoms. The van der Waals surface area contributed by atoms with Crippen LogP contribution in [-0.4, -0.2) is 25.5 Å². The predicted octanol–water partition coefficient (Wildman–Crippen LogP) is 1.16. The van der Waals surface area contributed by atoms with Crippen LogP contribution in [0, 0.1) is 5.92 Å². The molecule has 0 aliphatic carbocycles. The molecule has 0 saturated carbocycles. The largest absolute Gasteiger partial charge is 0.497 e. The van der Waals surface area contributed by atoms with Crippen LogP contribution in [0.5, 0.6) is 5.75 Å². The highest BCUT2D eigenvalue weighted by molar-refractivity contribution is 5.96. The summed E-state index contributed by atoms with van der Waals surface area (Å²) in [7, 11) is 1.55. The number of nitrogens with two attached hydrogens (primary N) is 1. The van der Waals surface area contributed by atoms with Gasteiger partial charge in [-0.2, -0.15) is 0 Å². The Kier molecular flexibility index (Phi) is 5.64. The Labute approximate surface area is 123 Å². The third kappa shape index (κ3) is 3.77. The van der Waals surface area contributed by atoms with E-state index in [2.05, 4.69) is 10.6 Å². The monoisotopic (exact) mass is 299 g/mol. The second-order valence-corrected chi connectivity index (χ2v) is 4.48. The number of hydrogen-bond acceptors (Lipinski definition) is 4. The maximum Gasteiger partial charge on any atom is 0.229 e. The number of halogens is 1. The Morgan fingerprint density at radius 3 is 2.85 bits per heavy atom. The molecule has 1 fully saturated rings. The molecule has 0 aromatic heterocycles. The van der Waals surface area contributed by atoms with Gasteiger partial charge in [0.15, 0.2) is 0 Å². The molecule has 4 N–H and O–H groups in total. The van der Waals surface area contributed by atoms with Crippen LogP contribution in [0.3, 0.4) is 0 Å². The van der Waals surface area contributed by atoms with E-state index < -0.39 is 0 Å². The van der Waals surface area contributed by atoms with Gasteiger partial charge in [-0.05, 0) is 18.6 Å². The molecule has 1 aromatic rings. The highest BCUT2D eigenvalue weighted by Gasteiger charge is 2.24. The summed E-state index contributed by atoms with van der Waals surface area (Å²) in [6.07, 6.45) is 0.938. The standard InChI is InChI=1S/C13H17N3O3.ClH/c1-19-9-3-4-10(14)11(6-9)16-13(18)8-2-5-12(17)15-7-8;/h3-4,6,8H,2,5,7,14H2,1H3,(H,15,17)(H,16,18);1H. The average Bonchev–Trinajstić information content (AvgIpc) is 2.42. The van der Waals surface area contributed by atoms with E-state index in [9.17, 15) is 9.59 Å². The number of benzene rings is 1. The van der Waals surface area contributed by atoms with Crippen LogP contribution < -0.4 is 21.1 Å². The Hall–Kier alpha value is -1.95. The number of piperidine rings is 1. The molecular weight excluding hydrogens is 282 g/mol. The van der Waals surface area contributed by atoms with Crippen molar-refractivity contribution in [2.75, 3.05) is 24.7 Å². The molecule has 1 atom stereocenters. The molecule has 1 aliphatic heterocycles. The topological polar surface area (TPSA) is 93.4 Å². The summed E-state index contributed by atoms with van der Waals surface area (Å²) < 4.78 is 5.09. The minimum atomic E-state index is -0.219. The zero-order valence-corrected chi connectivity index (χ0v) is 12.0. The molecule has 1 unspecified atom stereocenters. The van der Waals surface area contributed by atoms with Crippen molar-refractivity contribution >= 4 is 35.6 Å². The number of hydrogen-bond donors (Lipinski definition) is 3. The number of anilines is 2. The first-order valence-electron chi connectivity index (χ1n) is 6.11. The lowest BCUT2D eigenvalue weighted by Gasteiger charge is -2.22. The first-order chi connectivity index (χ1) is 9.10. The van der Waals surface area contributed by atoms with Gasteiger partial charge in [-0.25, -0.2) is 0 Å². The number of nitrogens with one attached hydrogen (secondary N) is 2. The van der Waals surface area contributed by atoms with E-state index in [1.165, 1.54) is 0 Å². The molecule has 6 nitrogen and oxygen atoms in total. The zero-order valence-electron chi connectivity index (χ0n) is 11.1. The lowest BCUT2D eigenvalue weighted by molar-refractivity contribution is -0.126. The molecular formula is C13H18ClN3O3. The average molecular weight is 300 g/mol. The van der Waals surface area contributed by atoms with Gasteiger partial charge in [-0.15, -0.1) is 12.4 Å². The molecule has 2 amide bonds. The molecule has 110 valence electrons. The van der Waals surface area contributed by atoms with Crippen LogP contribution in [0.25, 0.3) is 0 Å². The fraction of sp³-hybridized carbons (Fsp3) is 0.385. The van der Waals surface area contributed by atoms with Gasteiger partial charge in [0.2, 0.25) is 11.8 Å². The smallest absolute Gasteiger partial charge is 0.229 e. The van der Waals surface area contributed by atoms with Crippen LogP contribution in [0.1, 0.15) is 12.8 Å². The number of nitrogen functional groups attached to an aromatic ring is 1. The summed E-state index contributed by atoms with van der Waals surface area (Å²) >= 11 is 0. The quantitative estimate of drug-likeness (QED) is 0.730. The van der Waals surface area contributed by atoms with Crippen LogP contribution in [-0.2, 0) is 9.59 Å². The van der Waals surface area contributed by atoms with E-state index in [0.717, 1.165) is 0 Å². The number of ether oxygens (including phenoxy) is 1. The summed E-state index contributed by atoms with van der Waals surface area (Å²) in [6.45, 7) is 0.370. The van der Waals surface area contributed by atoms with Crippen LogP contribution in [0.4, 0.5) is 11.4 Å². The van der Waals surface area contributed by atoms with Crippen molar-refractivity contribution in [2.24, 2.45) is 5.92 Å². The first kappa shape index (κ1) is 16.1. The predicted molar refractivity (Wildman–Crippen MR) is 79.0 cm³/mol. The Bertz CT molecular complexity index is 498. The number of amides is 2. The Balaban J connectivity index is 0.00000200. The summed E-state index contributed by atoms with van der Waals surface area (Å²) in [6, 6.07) is 5.08. The normalized spacial score (nSPS) is 17.6. The highest BCUT2D eigenvalue weighted by atomic mass is 35.5. The molecule has 1 heterocycles. The van der Waals surface area contributed by atoms with Gasteiger partial charge in [-0.3, -0.25) is 9.59 Å². The molecule has 7 heteroatoms. The number of rotatable bonds is 3. The van der Waals surface area contributed by atoms with Gasteiger partial charge < -0.3 is 21.1 Å². The third-order valence-corrected chi connectivity index (χ3v) is 3.15. The van der Waals surface area contributed by atoms with Gasteiger partial charge in [-0.1, -0.05) is 0 Å². The van der Waals surface area contributed by atoms with Crippen molar-refractivity contribution in [3.63, 3.8) is 0 Å². The van der Waals surface area contributed by atoms with Crippen molar-refractivity contribution < 1.29 is 14.3 Å². The minimum absolute atomic E-state index is 0. The van der Waals surface area contributed by atoms with Crippen molar-refractivity contribution in [1.82, 2.24) is 5.32 Å². The molecule has 20 heavy (non-hydrogen) atoms. The molecule has 0 bridgehead atoms. The van der Waals surface area contributed by atoms with Gasteiger partial charge in [0.05, 0.1) is 24.4 Å². The zero-order chi connectivity index (χ0) is 13.8. The Morgan fingerprint density at radius 2 is 2.25 bits per heavy atom. The minimum Gasteiger partial charge on any atom is -0.497 e. The van der Waals surface area contributed by atoms with Crippen molar-refractivity contribution in [3.8, 4) is 5.75 Å². The van der Waals surface area contributed by atoms with Gasteiger partial charge in [0.1, 0.15) is 5.75 Å². The fourth-order valence-corrected chi connectivity index (χ4v) is 1.96. The molecule has 0 radical (unpaired) electrons. The SMILES string of the molecule is COc1ccc(N)c(NC(=O)C2CCC(=O)NC2)c1.Cl. The number of carbonyl (C=O) groups excluding carboxylic acids is 2. The summed E-state index contributed by atoms with van der Waals surface area (Å²) in [4.78, 5) is 23.1. The van der Waals surface area contributed by atoms with Gasteiger partial charge >= 0.3 is 0 Å². The highest BCUT2D eigenvalue weighted by Crippen LogP contribution is 2.25. The first-order valence-corrected chi connectivity index (χ1v) is 6.11. The molecule has 1 saturated heterocycles. The van der Waals surface area contributed by atoms with E-state index in [-0.39, 0.29) is 30.1 Å². The van der Waals surface area contributed by atoms with Crippen LogP contribution in [0.15, 0.2) is 18.2 Å². The molecule has 1 aliphatic rings. The maximum atomic E-state index is 12.1. The number of methoxy groups -OCH3 is 1. The van der Waals surface area contributed by atoms with Crippen molar-refractivity contribution in [3.05, 3.63) is 18.2 Å². The van der Waals surface area contributed by atoms with Gasteiger partial charge in [0, 0.05) is 19.0 Å². The molecule has 2 rings (SSSR count). The van der Waals surface area contributed by atoms with E-state index in [1.807, 2.05) is 0 Å². The lowest BCUT2D eigenvalue weighted by Crippen LogP contribution is -2.40. The second-order valence-electron chi connectivity index (χ2n) is 4.48. The summed E-state index contributed by atoms with van der Waals surface area (Å²) in [5.74, 6) is 0.259. The van der Waals surface area contributed by atoms with Crippen molar-refractivity contribution in [2.45, 2.75) is 12.8 Å². The van der Waals surface area contributed by atoms with Crippen LogP contribution >= 0.6 is 12.4 Å². The third-order valence-electron chi connectivity index (χ3n) is 3.15. The number of carbonyl (C=O) groups is 2.